The van der Waals surface area contributed by atoms with Crippen molar-refractivity contribution in [1.29, 1.82) is 0 Å². The van der Waals surface area contributed by atoms with Gasteiger partial charge in [-0.3, -0.25) is 0 Å². The van der Waals surface area contributed by atoms with Crippen molar-refractivity contribution in [1.82, 2.24) is 0 Å². The summed E-state index contributed by atoms with van der Waals surface area (Å²) in [4.78, 5) is 11.1. The van der Waals surface area contributed by atoms with Crippen LogP contribution in [-0.4, -0.2) is 28.4 Å². The molecule has 0 radical (unpaired) electrons. The molecule has 0 bridgehead atoms. The minimum atomic E-state index is -1.38. The Morgan fingerprint density at radius 2 is 2.07 bits per heavy atom. The Morgan fingerprint density at radius 3 is 2.57 bits per heavy atom. The van der Waals surface area contributed by atoms with Crippen LogP contribution in [0.25, 0.3) is 0 Å². The van der Waals surface area contributed by atoms with E-state index < -0.39 is 11.6 Å². The van der Waals surface area contributed by atoms with Gasteiger partial charge >= 0.3 is 6.16 Å². The summed E-state index contributed by atoms with van der Waals surface area (Å²) in [5.41, 5.74) is -0.769. The lowest BCUT2D eigenvalue weighted by Gasteiger charge is -2.11. The molecule has 0 heterocycles. The van der Waals surface area contributed by atoms with E-state index in [-0.39, 0.29) is 6.61 Å². The molecule has 0 amide bonds. The third-order valence-corrected chi connectivity index (χ3v) is 2.44. The predicted octanol–water partition coefficient (Wildman–Crippen LogP) is 1.79. The standard InChI is InChI=1S/C9H10O4S/c10-6-8(13-9(11)12)14-7-4-2-1-3-5-7/h1-5,8,10H,6H2,(H,11,12). The largest absolute Gasteiger partial charge is 0.506 e. The summed E-state index contributed by atoms with van der Waals surface area (Å²) in [5, 5.41) is 17.2. The van der Waals surface area contributed by atoms with Crippen LogP contribution in [0.3, 0.4) is 0 Å². The molecule has 0 aliphatic carbocycles. The molecule has 0 fully saturated rings. The lowest BCUT2D eigenvalue weighted by atomic mass is 10.4. The second kappa shape index (κ2) is 5.51. The van der Waals surface area contributed by atoms with Crippen LogP contribution < -0.4 is 0 Å². The molecule has 0 saturated heterocycles. The van der Waals surface area contributed by atoms with Crippen LogP contribution in [0.15, 0.2) is 35.2 Å². The highest BCUT2D eigenvalue weighted by Gasteiger charge is 2.13. The van der Waals surface area contributed by atoms with Gasteiger partial charge in [0.05, 0.1) is 6.61 Å². The van der Waals surface area contributed by atoms with Gasteiger partial charge in [-0.1, -0.05) is 30.0 Å². The molecule has 0 aliphatic heterocycles. The molecule has 0 spiro atoms. The maximum atomic E-state index is 10.2. The van der Waals surface area contributed by atoms with Crippen molar-refractivity contribution in [2.24, 2.45) is 0 Å². The molecule has 4 nitrogen and oxygen atoms in total. The average Bonchev–Trinajstić information content (AvgIpc) is 2.17. The Hall–Kier alpha value is -1.20. The van der Waals surface area contributed by atoms with Gasteiger partial charge in [0, 0.05) is 4.90 Å². The van der Waals surface area contributed by atoms with Crippen molar-refractivity contribution in [2.75, 3.05) is 6.61 Å². The number of ether oxygens (including phenoxy) is 1. The van der Waals surface area contributed by atoms with Crippen LogP contribution in [0.2, 0.25) is 0 Å². The summed E-state index contributed by atoms with van der Waals surface area (Å²) in [7, 11) is 0. The minimum absolute atomic E-state index is 0.341. The molecule has 14 heavy (non-hydrogen) atoms. The molecule has 0 aromatic heterocycles. The van der Waals surface area contributed by atoms with Gasteiger partial charge in [0.1, 0.15) is 0 Å². The highest BCUT2D eigenvalue weighted by molar-refractivity contribution is 7.99. The minimum Gasteiger partial charge on any atom is -0.450 e. The maximum absolute atomic E-state index is 10.2. The Morgan fingerprint density at radius 1 is 1.43 bits per heavy atom. The van der Waals surface area contributed by atoms with Crippen molar-refractivity contribution in [3.05, 3.63) is 30.3 Å². The fourth-order valence-corrected chi connectivity index (χ4v) is 1.68. The fraction of sp³-hybridized carbons (Fsp3) is 0.222. The highest BCUT2D eigenvalue weighted by atomic mass is 32.2. The number of benzene rings is 1. The van der Waals surface area contributed by atoms with Gasteiger partial charge in [0.2, 0.25) is 0 Å². The number of hydrogen-bond donors (Lipinski definition) is 2. The van der Waals surface area contributed by atoms with Gasteiger partial charge in [0.15, 0.2) is 5.44 Å². The van der Waals surface area contributed by atoms with Crippen molar-refractivity contribution in [2.45, 2.75) is 10.3 Å². The second-order valence-corrected chi connectivity index (χ2v) is 3.66. The van der Waals surface area contributed by atoms with Crippen molar-refractivity contribution in [3.8, 4) is 0 Å². The zero-order valence-electron chi connectivity index (χ0n) is 7.29. The quantitative estimate of drug-likeness (QED) is 0.454. The molecular formula is C9H10O4S. The van der Waals surface area contributed by atoms with E-state index >= 15 is 0 Å². The molecule has 76 valence electrons. The molecule has 2 N–H and O–H groups in total. The summed E-state index contributed by atoms with van der Waals surface area (Å²) in [6, 6.07) is 9.15. The number of aliphatic hydroxyl groups is 1. The van der Waals surface area contributed by atoms with Crippen LogP contribution in [0.5, 0.6) is 0 Å². The van der Waals surface area contributed by atoms with E-state index in [4.69, 9.17) is 10.2 Å². The number of carbonyl (C=O) groups is 1. The predicted molar refractivity (Wildman–Crippen MR) is 52.3 cm³/mol. The molecule has 5 heteroatoms. The number of rotatable bonds is 4. The van der Waals surface area contributed by atoms with Gasteiger partial charge in [-0.25, -0.2) is 4.79 Å². The molecule has 1 rings (SSSR count). The fourth-order valence-electron chi connectivity index (χ4n) is 0.862. The van der Waals surface area contributed by atoms with E-state index in [1.165, 1.54) is 0 Å². The summed E-state index contributed by atoms with van der Waals surface area (Å²) in [5.74, 6) is 0. The van der Waals surface area contributed by atoms with Gasteiger partial charge in [-0.2, -0.15) is 0 Å². The van der Waals surface area contributed by atoms with Gasteiger partial charge in [-0.05, 0) is 12.1 Å². The van der Waals surface area contributed by atoms with Gasteiger partial charge in [-0.15, -0.1) is 0 Å². The van der Waals surface area contributed by atoms with Crippen molar-refractivity contribution >= 4 is 17.9 Å². The highest BCUT2D eigenvalue weighted by Crippen LogP contribution is 2.23. The van der Waals surface area contributed by atoms with Gasteiger partial charge in [0.25, 0.3) is 0 Å². The normalized spacial score (nSPS) is 12.1. The van der Waals surface area contributed by atoms with E-state index in [0.717, 1.165) is 16.7 Å². The summed E-state index contributed by atoms with van der Waals surface area (Å²) < 4.78 is 4.43. The van der Waals surface area contributed by atoms with E-state index in [1.54, 1.807) is 0 Å². The van der Waals surface area contributed by atoms with Gasteiger partial charge < -0.3 is 14.9 Å². The lowest BCUT2D eigenvalue weighted by Crippen LogP contribution is -2.16. The molecular weight excluding hydrogens is 204 g/mol. The Balaban J connectivity index is 2.53. The zero-order chi connectivity index (χ0) is 10.4. The van der Waals surface area contributed by atoms with E-state index in [1.807, 2.05) is 30.3 Å². The topological polar surface area (TPSA) is 66.8 Å². The number of thioether (sulfide) groups is 1. The number of carboxylic acid groups (broad SMARTS) is 1. The average molecular weight is 214 g/mol. The van der Waals surface area contributed by atoms with Crippen LogP contribution in [0.4, 0.5) is 4.79 Å². The van der Waals surface area contributed by atoms with Crippen LogP contribution in [-0.2, 0) is 4.74 Å². The summed E-state index contributed by atoms with van der Waals surface area (Å²) in [6.45, 7) is -0.341. The van der Waals surface area contributed by atoms with Crippen LogP contribution in [0, 0.1) is 0 Å². The molecule has 1 aromatic carbocycles. The first-order valence-corrected chi connectivity index (χ1v) is 4.82. The van der Waals surface area contributed by atoms with E-state index in [9.17, 15) is 4.79 Å². The Bertz CT molecular complexity index is 288. The third-order valence-electron chi connectivity index (χ3n) is 1.39. The molecule has 1 unspecified atom stereocenters. The summed E-state index contributed by atoms with van der Waals surface area (Å²) in [6.07, 6.45) is -1.38. The van der Waals surface area contributed by atoms with E-state index in [0.29, 0.717) is 0 Å². The smallest absolute Gasteiger partial charge is 0.450 e. The second-order valence-electron chi connectivity index (χ2n) is 2.43. The van der Waals surface area contributed by atoms with Crippen molar-refractivity contribution in [3.63, 3.8) is 0 Å². The number of aliphatic hydroxyl groups excluding tert-OH is 1. The molecule has 1 aromatic rings. The Labute approximate surface area is 85.5 Å². The Kier molecular flexibility index (Phi) is 4.28. The number of hydrogen-bond acceptors (Lipinski definition) is 4. The molecule has 1 atom stereocenters. The molecule has 0 saturated carbocycles. The lowest BCUT2D eigenvalue weighted by molar-refractivity contribution is 0.0609. The monoisotopic (exact) mass is 214 g/mol. The molecule has 0 aliphatic rings. The third kappa shape index (κ3) is 3.68. The van der Waals surface area contributed by atoms with Crippen molar-refractivity contribution < 1.29 is 19.7 Å². The maximum Gasteiger partial charge on any atom is 0.506 e. The summed E-state index contributed by atoms with van der Waals surface area (Å²) >= 11 is 1.16. The first-order chi connectivity index (χ1) is 6.72. The van der Waals surface area contributed by atoms with E-state index in [2.05, 4.69) is 4.74 Å². The zero-order valence-corrected chi connectivity index (χ0v) is 8.11. The first kappa shape index (κ1) is 10.9. The van der Waals surface area contributed by atoms with Crippen LogP contribution in [0.1, 0.15) is 0 Å². The SMILES string of the molecule is O=C(O)OC(CO)Sc1ccccc1. The van der Waals surface area contributed by atoms with Crippen LogP contribution >= 0.6 is 11.8 Å². The first-order valence-electron chi connectivity index (χ1n) is 3.94.